The van der Waals surface area contributed by atoms with E-state index in [-0.39, 0.29) is 15.8 Å². The van der Waals surface area contributed by atoms with E-state index in [9.17, 15) is 8.42 Å². The molecule has 0 spiro atoms. The predicted molar refractivity (Wildman–Crippen MR) is 102 cm³/mol. The summed E-state index contributed by atoms with van der Waals surface area (Å²) >= 11 is 6.07. The number of hydrogen-bond acceptors (Lipinski definition) is 6. The van der Waals surface area contributed by atoms with Crippen molar-refractivity contribution in [1.29, 1.82) is 0 Å². The molecule has 2 aromatic rings. The van der Waals surface area contributed by atoms with E-state index < -0.39 is 10.0 Å². The van der Waals surface area contributed by atoms with Gasteiger partial charge in [0.1, 0.15) is 11.6 Å². The lowest BCUT2D eigenvalue weighted by Gasteiger charge is -2.32. The molecule has 1 aromatic heterocycles. The minimum atomic E-state index is -3.61. The summed E-state index contributed by atoms with van der Waals surface area (Å²) in [6.07, 6.45) is 2.96. The highest BCUT2D eigenvalue weighted by atomic mass is 35.5. The van der Waals surface area contributed by atoms with Crippen molar-refractivity contribution < 1.29 is 13.2 Å². The Morgan fingerprint density at radius 2 is 1.92 bits per heavy atom. The van der Waals surface area contributed by atoms with Crippen LogP contribution in [0.3, 0.4) is 0 Å². The lowest BCUT2D eigenvalue weighted by atomic mass is 9.90. The van der Waals surface area contributed by atoms with Crippen LogP contribution in [0.25, 0.3) is 0 Å². The van der Waals surface area contributed by atoms with Crippen LogP contribution in [0, 0.1) is 0 Å². The number of methoxy groups -OCH3 is 1. The first kappa shape index (κ1) is 18.8. The molecule has 0 aliphatic carbocycles. The highest BCUT2D eigenvalue weighted by Crippen LogP contribution is 2.35. The second kappa shape index (κ2) is 7.30. The number of pyridine rings is 1. The van der Waals surface area contributed by atoms with Gasteiger partial charge in [0.15, 0.2) is 0 Å². The standard InChI is InChI=1S/C17H21ClN4O3S/c1-25-15-3-2-12(10-14(15)18)26(23,24)22-8-5-11(6-9-22)13-4-7-21-17(20)16(13)19/h2-4,7,10-11H,5-6,8-9,19H2,1H3,(H2,20,21). The molecule has 0 atom stereocenters. The van der Waals surface area contributed by atoms with Crippen LogP contribution in [0.2, 0.25) is 5.02 Å². The number of halogens is 1. The molecule has 0 amide bonds. The topological polar surface area (TPSA) is 112 Å². The van der Waals surface area contributed by atoms with Gasteiger partial charge in [-0.2, -0.15) is 4.31 Å². The van der Waals surface area contributed by atoms with Gasteiger partial charge >= 0.3 is 0 Å². The van der Waals surface area contributed by atoms with E-state index in [0.717, 1.165) is 5.56 Å². The van der Waals surface area contributed by atoms with Crippen LogP contribution in [0.1, 0.15) is 24.3 Å². The average Bonchev–Trinajstić information content (AvgIpc) is 2.64. The fraction of sp³-hybridized carbons (Fsp3) is 0.353. The predicted octanol–water partition coefficient (Wildman–Crippen LogP) is 2.48. The van der Waals surface area contributed by atoms with Crippen molar-refractivity contribution >= 4 is 33.1 Å². The monoisotopic (exact) mass is 396 g/mol. The molecule has 7 nitrogen and oxygen atoms in total. The van der Waals surface area contributed by atoms with Gasteiger partial charge in [0.05, 0.1) is 22.7 Å². The third-order valence-corrected chi connectivity index (χ3v) is 6.90. The molecule has 1 fully saturated rings. The Morgan fingerprint density at radius 3 is 2.54 bits per heavy atom. The zero-order chi connectivity index (χ0) is 18.9. The van der Waals surface area contributed by atoms with Crippen LogP contribution in [0.4, 0.5) is 11.5 Å². The zero-order valence-corrected chi connectivity index (χ0v) is 15.9. The quantitative estimate of drug-likeness (QED) is 0.821. The van der Waals surface area contributed by atoms with E-state index in [0.29, 0.717) is 43.2 Å². The molecule has 1 aromatic carbocycles. The van der Waals surface area contributed by atoms with Crippen molar-refractivity contribution in [3.8, 4) is 5.75 Å². The number of piperidine rings is 1. The lowest BCUT2D eigenvalue weighted by molar-refractivity contribution is 0.320. The maximum Gasteiger partial charge on any atom is 0.243 e. The first-order valence-electron chi connectivity index (χ1n) is 8.18. The summed E-state index contributed by atoms with van der Waals surface area (Å²) in [7, 11) is -2.12. The summed E-state index contributed by atoms with van der Waals surface area (Å²) in [5.41, 5.74) is 13.2. The van der Waals surface area contributed by atoms with E-state index in [4.69, 9.17) is 27.8 Å². The van der Waals surface area contributed by atoms with E-state index in [1.165, 1.54) is 23.5 Å². The third kappa shape index (κ3) is 3.44. The van der Waals surface area contributed by atoms with Crippen LogP contribution in [-0.4, -0.2) is 37.9 Å². The summed E-state index contributed by atoms with van der Waals surface area (Å²) in [6.45, 7) is 0.802. The van der Waals surface area contributed by atoms with Gasteiger partial charge in [0.25, 0.3) is 0 Å². The Kier molecular flexibility index (Phi) is 5.27. The van der Waals surface area contributed by atoms with E-state index >= 15 is 0 Å². The van der Waals surface area contributed by atoms with E-state index in [1.807, 2.05) is 6.07 Å². The molecular formula is C17H21ClN4O3S. The van der Waals surface area contributed by atoms with Crippen molar-refractivity contribution in [2.45, 2.75) is 23.7 Å². The van der Waals surface area contributed by atoms with Crippen molar-refractivity contribution in [3.05, 3.63) is 41.0 Å². The molecule has 0 radical (unpaired) electrons. The number of aromatic nitrogens is 1. The molecule has 26 heavy (non-hydrogen) atoms. The molecule has 2 heterocycles. The minimum Gasteiger partial charge on any atom is -0.495 e. The smallest absolute Gasteiger partial charge is 0.243 e. The molecular weight excluding hydrogens is 376 g/mol. The van der Waals surface area contributed by atoms with Crippen molar-refractivity contribution in [3.63, 3.8) is 0 Å². The van der Waals surface area contributed by atoms with Crippen LogP contribution in [-0.2, 0) is 10.0 Å². The second-order valence-corrected chi connectivity index (χ2v) is 8.52. The Bertz CT molecular complexity index is 912. The summed E-state index contributed by atoms with van der Waals surface area (Å²) < 4.78 is 32.3. The Morgan fingerprint density at radius 1 is 1.23 bits per heavy atom. The largest absolute Gasteiger partial charge is 0.495 e. The number of anilines is 2. The normalized spacial score (nSPS) is 16.5. The zero-order valence-electron chi connectivity index (χ0n) is 14.4. The molecule has 3 rings (SSSR count). The maximum absolute atomic E-state index is 12.9. The van der Waals surface area contributed by atoms with E-state index in [2.05, 4.69) is 4.98 Å². The fourth-order valence-corrected chi connectivity index (χ4v) is 5.04. The van der Waals surface area contributed by atoms with Gasteiger partial charge in [-0.15, -0.1) is 0 Å². The number of hydrogen-bond donors (Lipinski definition) is 2. The highest BCUT2D eigenvalue weighted by Gasteiger charge is 2.31. The molecule has 140 valence electrons. The molecule has 1 aliphatic rings. The third-order valence-electron chi connectivity index (χ3n) is 4.71. The summed E-state index contributed by atoms with van der Waals surface area (Å²) in [5.74, 6) is 0.909. The Balaban J connectivity index is 1.76. The van der Waals surface area contributed by atoms with Gasteiger partial charge in [-0.05, 0) is 48.6 Å². The van der Waals surface area contributed by atoms with Crippen LogP contribution < -0.4 is 16.2 Å². The van der Waals surface area contributed by atoms with Gasteiger partial charge < -0.3 is 16.2 Å². The minimum absolute atomic E-state index is 0.159. The number of rotatable bonds is 4. The number of nitrogen functional groups attached to an aromatic ring is 2. The van der Waals surface area contributed by atoms with Crippen LogP contribution in [0.15, 0.2) is 35.4 Å². The van der Waals surface area contributed by atoms with Gasteiger partial charge in [0.2, 0.25) is 10.0 Å². The van der Waals surface area contributed by atoms with Crippen molar-refractivity contribution in [1.82, 2.24) is 9.29 Å². The molecule has 1 saturated heterocycles. The second-order valence-electron chi connectivity index (χ2n) is 6.17. The summed E-state index contributed by atoms with van der Waals surface area (Å²) in [5, 5.41) is 0.267. The first-order valence-corrected chi connectivity index (χ1v) is 10.00. The van der Waals surface area contributed by atoms with Crippen LogP contribution >= 0.6 is 11.6 Å². The SMILES string of the molecule is COc1ccc(S(=O)(=O)N2CCC(c3ccnc(N)c3N)CC2)cc1Cl. The number of ether oxygens (including phenoxy) is 1. The fourth-order valence-electron chi connectivity index (χ4n) is 3.22. The van der Waals surface area contributed by atoms with Gasteiger partial charge in [0, 0.05) is 19.3 Å². The number of nitrogens with two attached hydrogens (primary N) is 2. The molecule has 1 aliphatic heterocycles. The molecule has 0 unspecified atom stereocenters. The Hall–Kier alpha value is -2.03. The first-order chi connectivity index (χ1) is 12.3. The number of nitrogens with zero attached hydrogens (tertiary/aromatic N) is 2. The lowest BCUT2D eigenvalue weighted by Crippen LogP contribution is -2.38. The molecule has 4 N–H and O–H groups in total. The van der Waals surface area contributed by atoms with Gasteiger partial charge in [-0.3, -0.25) is 0 Å². The molecule has 9 heteroatoms. The average molecular weight is 397 g/mol. The Labute approximate surface area is 158 Å². The molecule has 0 bridgehead atoms. The van der Waals surface area contributed by atoms with E-state index in [1.54, 1.807) is 12.3 Å². The van der Waals surface area contributed by atoms with Gasteiger partial charge in [-0.25, -0.2) is 13.4 Å². The summed E-state index contributed by atoms with van der Waals surface area (Å²) in [6, 6.07) is 6.34. The van der Waals surface area contributed by atoms with Gasteiger partial charge in [-0.1, -0.05) is 11.6 Å². The highest BCUT2D eigenvalue weighted by molar-refractivity contribution is 7.89. The van der Waals surface area contributed by atoms with Crippen molar-refractivity contribution in [2.24, 2.45) is 0 Å². The maximum atomic E-state index is 12.9. The van der Waals surface area contributed by atoms with Crippen LogP contribution in [0.5, 0.6) is 5.75 Å². The number of sulfonamides is 1. The van der Waals surface area contributed by atoms with Crippen molar-refractivity contribution in [2.75, 3.05) is 31.7 Å². The number of benzene rings is 1. The molecule has 0 saturated carbocycles. The summed E-state index contributed by atoms with van der Waals surface area (Å²) in [4.78, 5) is 4.14.